The van der Waals surface area contributed by atoms with Crippen LogP contribution in [0, 0.1) is 0 Å². The molecule has 0 N–H and O–H groups in total. The second kappa shape index (κ2) is 9.56. The van der Waals surface area contributed by atoms with Crippen LogP contribution < -0.4 is 4.90 Å². The summed E-state index contributed by atoms with van der Waals surface area (Å²) in [5.41, 5.74) is 1.35. The number of rotatable bonds is 5. The molecule has 2 atom stereocenters. The largest absolute Gasteiger partial charge is 0.459 e. The van der Waals surface area contributed by atoms with Crippen LogP contribution in [0.5, 0.6) is 0 Å². The Balaban J connectivity index is 1.83. The van der Waals surface area contributed by atoms with Crippen molar-refractivity contribution < 1.29 is 9.53 Å². The van der Waals surface area contributed by atoms with Crippen LogP contribution >= 0.6 is 34.8 Å². The first-order chi connectivity index (χ1) is 16.0. The van der Waals surface area contributed by atoms with Gasteiger partial charge in [-0.15, -0.1) is 11.6 Å². The molecule has 0 aliphatic heterocycles. The summed E-state index contributed by atoms with van der Waals surface area (Å²) in [5, 5.41) is 0.781. The number of nitrogens with zero attached hydrogens (tertiary/aromatic N) is 5. The fraction of sp³-hybridized carbons (Fsp3) is 0.333. The maximum absolute atomic E-state index is 12.4. The van der Waals surface area contributed by atoms with Gasteiger partial charge < -0.3 is 9.64 Å². The molecule has 1 aliphatic carbocycles. The Morgan fingerprint density at radius 2 is 1.88 bits per heavy atom. The Labute approximate surface area is 213 Å². The lowest BCUT2D eigenvalue weighted by Crippen LogP contribution is -2.33. The molecule has 1 aliphatic rings. The molecule has 10 heteroatoms. The zero-order valence-corrected chi connectivity index (χ0v) is 21.4. The third-order valence-electron chi connectivity index (χ3n) is 5.11. The van der Waals surface area contributed by atoms with Crippen molar-refractivity contribution in [3.8, 4) is 5.69 Å². The summed E-state index contributed by atoms with van der Waals surface area (Å²) in [6, 6.07) is 7.37. The zero-order valence-electron chi connectivity index (χ0n) is 19.2. The topological polar surface area (TPSA) is 73.1 Å². The van der Waals surface area contributed by atoms with Gasteiger partial charge in [-0.05, 0) is 57.2 Å². The zero-order chi connectivity index (χ0) is 24.6. The SMILES string of the molecule is CN(CC(=O)OC(C)(C)C)c1ncnc2c1nc(C1C=CC(Cl)=CC1Cl)n2-c1ccc(Cl)cc1. The Kier molecular flexibility index (Phi) is 6.90. The molecule has 2 aromatic heterocycles. The van der Waals surface area contributed by atoms with Crippen molar-refractivity contribution in [2.45, 2.75) is 37.7 Å². The van der Waals surface area contributed by atoms with Crippen molar-refractivity contribution in [1.29, 1.82) is 0 Å². The average Bonchev–Trinajstić information content (AvgIpc) is 3.12. The summed E-state index contributed by atoms with van der Waals surface area (Å²) >= 11 is 18.9. The van der Waals surface area contributed by atoms with Crippen LogP contribution in [0.1, 0.15) is 32.5 Å². The van der Waals surface area contributed by atoms with Gasteiger partial charge >= 0.3 is 5.97 Å². The number of hydrogen-bond donors (Lipinski definition) is 0. The van der Waals surface area contributed by atoms with Gasteiger partial charge in [0.15, 0.2) is 17.0 Å². The van der Waals surface area contributed by atoms with Crippen molar-refractivity contribution in [3.63, 3.8) is 0 Å². The highest BCUT2D eigenvalue weighted by Gasteiger charge is 2.29. The summed E-state index contributed by atoms with van der Waals surface area (Å²) in [6.45, 7) is 5.49. The second-order valence-electron chi connectivity index (χ2n) is 8.97. The fourth-order valence-electron chi connectivity index (χ4n) is 3.73. The minimum Gasteiger partial charge on any atom is -0.459 e. The first-order valence-electron chi connectivity index (χ1n) is 10.7. The van der Waals surface area contributed by atoms with E-state index in [0.717, 1.165) is 5.69 Å². The van der Waals surface area contributed by atoms with Crippen molar-refractivity contribution in [3.05, 3.63) is 64.7 Å². The molecular formula is C24H24Cl3N5O2. The number of ether oxygens (including phenoxy) is 1. The van der Waals surface area contributed by atoms with E-state index in [1.807, 2.05) is 43.5 Å². The van der Waals surface area contributed by atoms with Gasteiger partial charge in [-0.3, -0.25) is 9.36 Å². The number of halogens is 3. The van der Waals surface area contributed by atoms with Crippen molar-refractivity contribution in [2.24, 2.45) is 0 Å². The van der Waals surface area contributed by atoms with Crippen LogP contribution in [0.2, 0.25) is 5.02 Å². The highest BCUT2D eigenvalue weighted by atomic mass is 35.5. The molecule has 0 radical (unpaired) electrons. The molecule has 3 aromatic rings. The number of likely N-dealkylation sites (N-methyl/N-ethyl adjacent to an activating group) is 1. The molecule has 0 fully saturated rings. The summed E-state index contributed by atoms with van der Waals surface area (Å²) in [5.74, 6) is 0.540. The van der Waals surface area contributed by atoms with Gasteiger partial charge in [-0.2, -0.15) is 0 Å². The number of esters is 1. The Hall–Kier alpha value is -2.61. The highest BCUT2D eigenvalue weighted by Crippen LogP contribution is 2.36. The van der Waals surface area contributed by atoms with E-state index in [4.69, 9.17) is 44.5 Å². The number of imidazole rings is 1. The standard InChI is InChI=1S/C24H24Cl3N5O2/c1-24(2,3)34-19(33)12-31(4)22-20-23(29-13-28-22)32(16-8-5-14(25)6-9-16)21(30-20)17-10-7-15(26)11-18(17)27/h5-11,13,17-18H,12H2,1-4H3. The Morgan fingerprint density at radius 3 is 2.53 bits per heavy atom. The molecule has 0 bridgehead atoms. The van der Waals surface area contributed by atoms with E-state index in [2.05, 4.69) is 9.97 Å². The highest BCUT2D eigenvalue weighted by molar-refractivity contribution is 6.32. The fourth-order valence-corrected chi connectivity index (χ4v) is 4.46. The van der Waals surface area contributed by atoms with Crippen LogP contribution in [-0.4, -0.2) is 50.1 Å². The number of anilines is 1. The number of benzene rings is 1. The van der Waals surface area contributed by atoms with Crippen molar-refractivity contribution in [2.75, 3.05) is 18.5 Å². The predicted octanol–water partition coefficient (Wildman–Crippen LogP) is 5.63. The predicted molar refractivity (Wildman–Crippen MR) is 136 cm³/mol. The van der Waals surface area contributed by atoms with Crippen LogP contribution in [-0.2, 0) is 9.53 Å². The Bertz CT molecular complexity index is 1280. The first-order valence-corrected chi connectivity index (χ1v) is 11.8. The normalized spacial score (nSPS) is 18.1. The van der Waals surface area contributed by atoms with Crippen LogP contribution in [0.25, 0.3) is 16.9 Å². The van der Waals surface area contributed by atoms with E-state index in [1.54, 1.807) is 36.2 Å². The summed E-state index contributed by atoms with van der Waals surface area (Å²) < 4.78 is 7.39. The van der Waals surface area contributed by atoms with Crippen molar-refractivity contribution >= 4 is 57.8 Å². The van der Waals surface area contributed by atoms with Crippen LogP contribution in [0.15, 0.2) is 53.9 Å². The molecule has 2 heterocycles. The monoisotopic (exact) mass is 519 g/mol. The van der Waals surface area contributed by atoms with E-state index in [1.165, 1.54) is 6.33 Å². The van der Waals surface area contributed by atoms with Gasteiger partial charge in [0.25, 0.3) is 0 Å². The lowest BCUT2D eigenvalue weighted by Gasteiger charge is -2.23. The molecule has 178 valence electrons. The van der Waals surface area contributed by atoms with Gasteiger partial charge in [0.05, 0.1) is 11.3 Å². The molecule has 2 unspecified atom stereocenters. The maximum Gasteiger partial charge on any atom is 0.326 e. The van der Waals surface area contributed by atoms with Crippen LogP contribution in [0.4, 0.5) is 5.82 Å². The van der Waals surface area contributed by atoms with E-state index in [-0.39, 0.29) is 18.4 Å². The summed E-state index contributed by atoms with van der Waals surface area (Å²) in [7, 11) is 1.76. The van der Waals surface area contributed by atoms with E-state index >= 15 is 0 Å². The van der Waals surface area contributed by atoms with Gasteiger partial charge in [0.2, 0.25) is 0 Å². The summed E-state index contributed by atoms with van der Waals surface area (Å²) in [4.78, 5) is 28.0. The number of carbonyl (C=O) groups is 1. The van der Waals surface area contributed by atoms with Crippen molar-refractivity contribution in [1.82, 2.24) is 19.5 Å². The number of hydrogen-bond acceptors (Lipinski definition) is 6. The smallest absolute Gasteiger partial charge is 0.326 e. The van der Waals surface area contributed by atoms with Gasteiger partial charge in [0.1, 0.15) is 24.3 Å². The number of allylic oxidation sites excluding steroid dienone is 4. The summed E-state index contributed by atoms with van der Waals surface area (Å²) in [6.07, 6.45) is 6.95. The molecule has 0 amide bonds. The Morgan fingerprint density at radius 1 is 1.18 bits per heavy atom. The third-order valence-corrected chi connectivity index (χ3v) is 6.01. The minimum atomic E-state index is -0.584. The lowest BCUT2D eigenvalue weighted by molar-refractivity contribution is -0.152. The van der Waals surface area contributed by atoms with Gasteiger partial charge in [-0.1, -0.05) is 29.3 Å². The number of aromatic nitrogens is 4. The molecule has 0 saturated carbocycles. The van der Waals surface area contributed by atoms with E-state index in [0.29, 0.717) is 32.9 Å². The molecule has 0 saturated heterocycles. The molecular weight excluding hydrogens is 497 g/mol. The van der Waals surface area contributed by atoms with E-state index < -0.39 is 11.0 Å². The van der Waals surface area contributed by atoms with E-state index in [9.17, 15) is 4.79 Å². The number of carbonyl (C=O) groups excluding carboxylic acids is 1. The van der Waals surface area contributed by atoms with Gasteiger partial charge in [0, 0.05) is 22.8 Å². The number of alkyl halides is 1. The molecule has 7 nitrogen and oxygen atoms in total. The minimum absolute atomic E-state index is 0.00628. The molecule has 1 aromatic carbocycles. The third kappa shape index (κ3) is 5.22. The molecule has 4 rings (SSSR count). The quantitative estimate of drug-likeness (QED) is 0.321. The first kappa shape index (κ1) is 24.5. The number of fused-ring (bicyclic) bond motifs is 1. The second-order valence-corrected chi connectivity index (χ2v) is 10.4. The molecule has 34 heavy (non-hydrogen) atoms. The lowest BCUT2D eigenvalue weighted by atomic mass is 9.99. The van der Waals surface area contributed by atoms with Gasteiger partial charge in [-0.25, -0.2) is 15.0 Å². The maximum atomic E-state index is 12.4. The molecule has 0 spiro atoms. The average molecular weight is 521 g/mol. The van der Waals surface area contributed by atoms with Crippen LogP contribution in [0.3, 0.4) is 0 Å².